The fourth-order valence-electron chi connectivity index (χ4n) is 3.02. The fourth-order valence-corrected chi connectivity index (χ4v) is 3.02. The van der Waals surface area contributed by atoms with Crippen molar-refractivity contribution in [3.8, 4) is 0 Å². The van der Waals surface area contributed by atoms with Gasteiger partial charge in [0.1, 0.15) is 0 Å². The molecule has 1 saturated heterocycles. The van der Waals surface area contributed by atoms with E-state index in [0.717, 1.165) is 29.6 Å². The Bertz CT molecular complexity index is 609. The van der Waals surface area contributed by atoms with Gasteiger partial charge in [-0.25, -0.2) is 0 Å². The van der Waals surface area contributed by atoms with Gasteiger partial charge in [0.15, 0.2) is 0 Å². The number of hydrogen-bond donors (Lipinski definition) is 2. The molecule has 130 valence electrons. The Balaban J connectivity index is 0.00000132. The van der Waals surface area contributed by atoms with Gasteiger partial charge >= 0.3 is 6.18 Å². The Labute approximate surface area is 145 Å². The Morgan fingerprint density at radius 1 is 1.09 bits per heavy atom. The number of H-pyrrole nitrogens is 1. The third kappa shape index (κ3) is 4.76. The average molecular weight is 370 g/mol. The van der Waals surface area contributed by atoms with E-state index in [2.05, 4.69) is 10.3 Å². The fraction of sp³-hybridized carbons (Fsp3) is 0.467. The molecule has 0 bridgehead atoms. The summed E-state index contributed by atoms with van der Waals surface area (Å²) in [4.78, 5) is 5.01. The predicted molar refractivity (Wildman–Crippen MR) is 90.7 cm³/mol. The zero-order chi connectivity index (χ0) is 14.9. The van der Waals surface area contributed by atoms with E-state index in [0.29, 0.717) is 13.1 Å². The first-order chi connectivity index (χ1) is 10.0. The smallest absolute Gasteiger partial charge is 0.361 e. The van der Waals surface area contributed by atoms with Crippen molar-refractivity contribution < 1.29 is 13.2 Å². The molecule has 8 heteroatoms. The topological polar surface area (TPSA) is 31.1 Å². The van der Waals surface area contributed by atoms with Crippen LogP contribution in [0.25, 0.3) is 10.9 Å². The Kier molecular flexibility index (Phi) is 7.20. The van der Waals surface area contributed by atoms with E-state index in [1.807, 2.05) is 29.2 Å². The van der Waals surface area contributed by atoms with Gasteiger partial charge in [-0.1, -0.05) is 18.2 Å². The second-order valence-corrected chi connectivity index (χ2v) is 5.41. The number of benzene rings is 1. The molecule has 2 N–H and O–H groups in total. The summed E-state index contributed by atoms with van der Waals surface area (Å²) in [6.07, 6.45) is -3.26. The second kappa shape index (κ2) is 8.24. The molecule has 3 rings (SSSR count). The van der Waals surface area contributed by atoms with E-state index < -0.39 is 18.6 Å². The van der Waals surface area contributed by atoms with E-state index >= 15 is 0 Å². The summed E-state index contributed by atoms with van der Waals surface area (Å²) in [7, 11) is 0. The lowest BCUT2D eigenvalue weighted by atomic mass is 10.00. The quantitative estimate of drug-likeness (QED) is 0.859. The number of fused-ring (bicyclic) bond motifs is 1. The summed E-state index contributed by atoms with van der Waals surface area (Å²) in [6, 6.07) is 6.89. The first kappa shape index (κ1) is 20.1. The second-order valence-electron chi connectivity index (χ2n) is 5.41. The summed E-state index contributed by atoms with van der Waals surface area (Å²) >= 11 is 0. The van der Waals surface area contributed by atoms with Crippen LogP contribution in [0.1, 0.15) is 18.0 Å². The van der Waals surface area contributed by atoms with E-state index in [-0.39, 0.29) is 24.8 Å². The van der Waals surface area contributed by atoms with Gasteiger partial charge in [-0.3, -0.25) is 4.90 Å². The molecule has 23 heavy (non-hydrogen) atoms. The minimum atomic E-state index is -4.17. The lowest BCUT2D eigenvalue weighted by Crippen LogP contribution is -2.46. The van der Waals surface area contributed by atoms with E-state index in [4.69, 9.17) is 0 Å². The normalized spacial score (nSPS) is 17.3. The van der Waals surface area contributed by atoms with Crippen molar-refractivity contribution >= 4 is 35.7 Å². The van der Waals surface area contributed by atoms with E-state index in [1.165, 1.54) is 0 Å². The lowest BCUT2D eigenvalue weighted by Gasteiger charge is -2.35. The van der Waals surface area contributed by atoms with Gasteiger partial charge in [0, 0.05) is 49.3 Å². The maximum atomic E-state index is 13.0. The molecule has 2 aromatic rings. The molecule has 0 saturated carbocycles. The maximum absolute atomic E-state index is 13.0. The number of nitrogens with zero attached hydrogens (tertiary/aromatic N) is 1. The number of halogens is 5. The average Bonchev–Trinajstić information content (AvgIpc) is 2.89. The van der Waals surface area contributed by atoms with Crippen LogP contribution >= 0.6 is 24.8 Å². The number of piperazine rings is 1. The highest BCUT2D eigenvalue weighted by molar-refractivity contribution is 5.85. The van der Waals surface area contributed by atoms with Gasteiger partial charge < -0.3 is 10.3 Å². The van der Waals surface area contributed by atoms with Gasteiger partial charge in [0.2, 0.25) is 0 Å². The first-order valence-electron chi connectivity index (χ1n) is 7.12. The van der Waals surface area contributed by atoms with Crippen molar-refractivity contribution in [2.45, 2.75) is 18.6 Å². The van der Waals surface area contributed by atoms with Crippen LogP contribution in [0.4, 0.5) is 13.2 Å². The van der Waals surface area contributed by atoms with Crippen LogP contribution < -0.4 is 5.32 Å². The summed E-state index contributed by atoms with van der Waals surface area (Å²) in [5, 5.41) is 4.06. The SMILES string of the molecule is Cl.Cl.FC(F)(F)C[C@H](c1c[nH]c2ccccc12)N1CCNCC1. The number of hydrogen-bond acceptors (Lipinski definition) is 2. The standard InChI is InChI=1S/C15H18F3N3.2ClH/c16-15(17,18)9-14(21-7-5-19-6-8-21)12-10-20-13-4-2-1-3-11(12)13;;/h1-4,10,14,19-20H,5-9H2;2*1H/t14-;;/m1../s1. The van der Waals surface area contributed by atoms with E-state index in [9.17, 15) is 13.2 Å². The molecule has 0 unspecified atom stereocenters. The first-order valence-corrected chi connectivity index (χ1v) is 7.12. The van der Waals surface area contributed by atoms with Crippen molar-refractivity contribution in [1.29, 1.82) is 0 Å². The molecule has 1 aromatic heterocycles. The third-order valence-corrected chi connectivity index (χ3v) is 4.00. The Hall–Kier alpha value is -0.950. The molecule has 1 fully saturated rings. The van der Waals surface area contributed by atoms with Crippen LogP contribution in [0.3, 0.4) is 0 Å². The summed E-state index contributed by atoms with van der Waals surface area (Å²) in [5.74, 6) is 0. The van der Waals surface area contributed by atoms with Crippen LogP contribution in [0, 0.1) is 0 Å². The monoisotopic (exact) mass is 369 g/mol. The molecule has 2 heterocycles. The number of aromatic nitrogens is 1. The summed E-state index contributed by atoms with van der Waals surface area (Å²) in [5.41, 5.74) is 1.62. The molecule has 1 aromatic carbocycles. The largest absolute Gasteiger partial charge is 0.390 e. The zero-order valence-corrected chi connectivity index (χ0v) is 14.0. The molecule has 0 aliphatic carbocycles. The predicted octanol–water partition coefficient (Wildman–Crippen LogP) is 3.91. The summed E-state index contributed by atoms with van der Waals surface area (Å²) < 4.78 is 39.0. The van der Waals surface area contributed by atoms with Crippen molar-refractivity contribution in [3.63, 3.8) is 0 Å². The van der Waals surface area contributed by atoms with E-state index in [1.54, 1.807) is 6.20 Å². The molecule has 0 radical (unpaired) electrons. The van der Waals surface area contributed by atoms with Crippen LogP contribution in [0.5, 0.6) is 0 Å². The number of alkyl halides is 3. The van der Waals surface area contributed by atoms with Crippen LogP contribution in [0.15, 0.2) is 30.5 Å². The summed E-state index contributed by atoms with van der Waals surface area (Å²) in [6.45, 7) is 2.74. The molecule has 0 amide bonds. The maximum Gasteiger partial charge on any atom is 0.390 e. The van der Waals surface area contributed by atoms with Gasteiger partial charge in [0.05, 0.1) is 6.42 Å². The molecule has 1 atom stereocenters. The van der Waals surface area contributed by atoms with Gasteiger partial charge in [-0.05, 0) is 11.6 Å². The van der Waals surface area contributed by atoms with Gasteiger partial charge in [-0.2, -0.15) is 13.2 Å². The van der Waals surface area contributed by atoms with Crippen molar-refractivity contribution in [2.24, 2.45) is 0 Å². The Morgan fingerprint density at radius 2 is 1.74 bits per heavy atom. The van der Waals surface area contributed by atoms with Crippen LogP contribution in [-0.2, 0) is 0 Å². The van der Waals surface area contributed by atoms with Crippen LogP contribution in [0.2, 0.25) is 0 Å². The molecular formula is C15H20Cl2F3N3. The minimum absolute atomic E-state index is 0. The van der Waals surface area contributed by atoms with Crippen molar-refractivity contribution in [2.75, 3.05) is 26.2 Å². The molecule has 1 aliphatic rings. The zero-order valence-electron chi connectivity index (χ0n) is 12.4. The number of nitrogens with one attached hydrogen (secondary N) is 2. The van der Waals surface area contributed by atoms with Crippen molar-refractivity contribution in [3.05, 3.63) is 36.0 Å². The molecule has 3 nitrogen and oxygen atoms in total. The third-order valence-electron chi connectivity index (χ3n) is 4.00. The number of para-hydroxylation sites is 1. The van der Waals surface area contributed by atoms with Crippen molar-refractivity contribution in [1.82, 2.24) is 15.2 Å². The highest BCUT2D eigenvalue weighted by Crippen LogP contribution is 2.37. The number of aromatic amines is 1. The highest BCUT2D eigenvalue weighted by Gasteiger charge is 2.36. The molecule has 0 spiro atoms. The number of rotatable bonds is 3. The van der Waals surface area contributed by atoms with Gasteiger partial charge in [0.25, 0.3) is 0 Å². The lowest BCUT2D eigenvalue weighted by molar-refractivity contribution is -0.148. The highest BCUT2D eigenvalue weighted by atomic mass is 35.5. The Morgan fingerprint density at radius 3 is 2.39 bits per heavy atom. The van der Waals surface area contributed by atoms with Crippen LogP contribution in [-0.4, -0.2) is 42.2 Å². The molecular weight excluding hydrogens is 350 g/mol. The molecule has 1 aliphatic heterocycles. The van der Waals surface area contributed by atoms with Gasteiger partial charge in [-0.15, -0.1) is 24.8 Å². The minimum Gasteiger partial charge on any atom is -0.361 e.